The van der Waals surface area contributed by atoms with E-state index >= 15 is 0 Å². The summed E-state index contributed by atoms with van der Waals surface area (Å²) in [5.74, 6) is 0.0254. The molecule has 0 aliphatic carbocycles. The lowest BCUT2D eigenvalue weighted by molar-refractivity contribution is -0.129. The summed E-state index contributed by atoms with van der Waals surface area (Å²) in [4.78, 5) is 30.5. The summed E-state index contributed by atoms with van der Waals surface area (Å²) in [6.45, 7) is 2.39. The predicted octanol–water partition coefficient (Wildman–Crippen LogP) is 1.69. The fourth-order valence-corrected chi connectivity index (χ4v) is 3.81. The van der Waals surface area contributed by atoms with Crippen LogP contribution in [0.1, 0.15) is 19.3 Å². The van der Waals surface area contributed by atoms with E-state index in [1.807, 2.05) is 18.2 Å². The molecule has 5 heteroatoms. The predicted molar refractivity (Wildman–Crippen MR) is 79.0 cm³/mol. The van der Waals surface area contributed by atoms with E-state index in [0.717, 1.165) is 38.9 Å². The number of hydrogen-bond donors (Lipinski definition) is 0. The smallest absolute Gasteiger partial charge is 0.327 e. The minimum absolute atomic E-state index is 0.0239. The average Bonchev–Trinajstić information content (AvgIpc) is 3.20. The van der Waals surface area contributed by atoms with E-state index in [4.69, 9.17) is 0 Å². The summed E-state index contributed by atoms with van der Waals surface area (Å²) in [6, 6.07) is 9.97. The van der Waals surface area contributed by atoms with Crippen molar-refractivity contribution in [1.29, 1.82) is 0 Å². The van der Waals surface area contributed by atoms with E-state index in [1.54, 1.807) is 4.90 Å². The third-order valence-corrected chi connectivity index (χ3v) is 4.88. The molecule has 3 aliphatic heterocycles. The van der Waals surface area contributed by atoms with Crippen molar-refractivity contribution in [3.8, 4) is 0 Å². The lowest BCUT2D eigenvalue weighted by atomic mass is 10.2. The molecule has 0 radical (unpaired) electrons. The van der Waals surface area contributed by atoms with Crippen molar-refractivity contribution in [2.24, 2.45) is 0 Å². The van der Waals surface area contributed by atoms with Gasteiger partial charge in [0.1, 0.15) is 6.04 Å². The number of rotatable bonds is 2. The zero-order valence-corrected chi connectivity index (χ0v) is 11.9. The Kier molecular flexibility index (Phi) is 2.87. The zero-order chi connectivity index (χ0) is 14.4. The van der Waals surface area contributed by atoms with Crippen LogP contribution in [0.4, 0.5) is 10.5 Å². The number of hydrogen-bond acceptors (Lipinski definition) is 3. The summed E-state index contributed by atoms with van der Waals surface area (Å²) in [5.41, 5.74) is 1.17. The molecule has 1 unspecified atom stereocenters. The maximum Gasteiger partial charge on any atom is 0.327 e. The third kappa shape index (κ3) is 1.91. The van der Waals surface area contributed by atoms with Crippen LogP contribution < -0.4 is 4.90 Å². The molecule has 3 heterocycles. The monoisotopic (exact) mass is 285 g/mol. The van der Waals surface area contributed by atoms with Gasteiger partial charge in [-0.3, -0.25) is 9.69 Å². The highest BCUT2D eigenvalue weighted by Crippen LogP contribution is 2.32. The Hall–Kier alpha value is -2.04. The third-order valence-electron chi connectivity index (χ3n) is 4.88. The minimum Gasteiger partial charge on any atom is -0.369 e. The van der Waals surface area contributed by atoms with Crippen LogP contribution in [-0.2, 0) is 4.79 Å². The largest absolute Gasteiger partial charge is 0.369 e. The van der Waals surface area contributed by atoms with Crippen LogP contribution in [0.25, 0.3) is 0 Å². The van der Waals surface area contributed by atoms with Crippen molar-refractivity contribution in [3.05, 3.63) is 30.3 Å². The molecule has 0 spiro atoms. The van der Waals surface area contributed by atoms with Crippen LogP contribution in [0, 0.1) is 0 Å². The van der Waals surface area contributed by atoms with Crippen LogP contribution in [0.5, 0.6) is 0 Å². The standard InChI is InChI=1S/C16H19N3O2/c20-15-14-7-4-9-18(14)16(21)19(15)13-8-10-17(11-13)12-5-2-1-3-6-12/h1-3,5-6,13-14H,4,7-11H2/t13?,14-/m1/s1. The van der Waals surface area contributed by atoms with Crippen molar-refractivity contribution in [2.45, 2.75) is 31.3 Å². The van der Waals surface area contributed by atoms with Gasteiger partial charge in [-0.25, -0.2) is 4.79 Å². The highest BCUT2D eigenvalue weighted by Gasteiger charge is 2.50. The summed E-state index contributed by atoms with van der Waals surface area (Å²) in [6.07, 6.45) is 2.65. The number of para-hydroxylation sites is 1. The van der Waals surface area contributed by atoms with Crippen molar-refractivity contribution in [2.75, 3.05) is 24.5 Å². The number of amides is 3. The van der Waals surface area contributed by atoms with Crippen LogP contribution in [0.2, 0.25) is 0 Å². The number of carbonyl (C=O) groups excluding carboxylic acids is 2. The minimum atomic E-state index is -0.178. The Labute approximate surface area is 124 Å². The Balaban J connectivity index is 1.51. The molecule has 1 aromatic carbocycles. The van der Waals surface area contributed by atoms with Gasteiger partial charge in [0, 0.05) is 25.3 Å². The van der Waals surface area contributed by atoms with Gasteiger partial charge in [0.25, 0.3) is 5.91 Å². The second-order valence-electron chi connectivity index (χ2n) is 6.07. The Morgan fingerprint density at radius 2 is 1.81 bits per heavy atom. The van der Waals surface area contributed by atoms with Gasteiger partial charge in [-0.05, 0) is 31.4 Å². The number of imide groups is 1. The van der Waals surface area contributed by atoms with Gasteiger partial charge in [-0.2, -0.15) is 0 Å². The number of benzene rings is 1. The van der Waals surface area contributed by atoms with Crippen molar-refractivity contribution < 1.29 is 9.59 Å². The molecule has 3 saturated heterocycles. The number of fused-ring (bicyclic) bond motifs is 1. The van der Waals surface area contributed by atoms with Crippen LogP contribution in [0.3, 0.4) is 0 Å². The molecule has 2 atom stereocenters. The van der Waals surface area contributed by atoms with Gasteiger partial charge >= 0.3 is 6.03 Å². The fraction of sp³-hybridized carbons (Fsp3) is 0.500. The molecule has 0 bridgehead atoms. The maximum absolute atomic E-state index is 12.5. The Morgan fingerprint density at radius 3 is 2.57 bits per heavy atom. The second-order valence-corrected chi connectivity index (χ2v) is 6.07. The van der Waals surface area contributed by atoms with Gasteiger partial charge in [-0.15, -0.1) is 0 Å². The Bertz CT molecular complexity index is 552. The first-order valence-electron chi connectivity index (χ1n) is 7.69. The first kappa shape index (κ1) is 12.7. The van der Waals surface area contributed by atoms with Crippen molar-refractivity contribution in [1.82, 2.24) is 9.80 Å². The van der Waals surface area contributed by atoms with E-state index in [9.17, 15) is 9.59 Å². The van der Waals surface area contributed by atoms with Gasteiger partial charge < -0.3 is 9.80 Å². The van der Waals surface area contributed by atoms with Gasteiger partial charge in [0.15, 0.2) is 0 Å². The van der Waals surface area contributed by atoms with E-state index in [2.05, 4.69) is 17.0 Å². The quantitative estimate of drug-likeness (QED) is 0.777. The molecule has 3 amide bonds. The molecule has 4 rings (SSSR count). The normalized spacial score (nSPS) is 28.7. The summed E-state index contributed by atoms with van der Waals surface area (Å²) in [7, 11) is 0. The summed E-state index contributed by atoms with van der Waals surface area (Å²) >= 11 is 0. The van der Waals surface area contributed by atoms with E-state index < -0.39 is 0 Å². The first-order chi connectivity index (χ1) is 10.3. The van der Waals surface area contributed by atoms with Gasteiger partial charge in [0.2, 0.25) is 0 Å². The molecule has 3 fully saturated rings. The Morgan fingerprint density at radius 1 is 1.00 bits per heavy atom. The molecular formula is C16H19N3O2. The zero-order valence-electron chi connectivity index (χ0n) is 11.9. The van der Waals surface area contributed by atoms with Crippen molar-refractivity contribution in [3.63, 3.8) is 0 Å². The number of nitrogens with zero attached hydrogens (tertiary/aromatic N) is 3. The van der Waals surface area contributed by atoms with Crippen LogP contribution in [0.15, 0.2) is 30.3 Å². The highest BCUT2D eigenvalue weighted by atomic mass is 16.2. The number of urea groups is 1. The topological polar surface area (TPSA) is 43.9 Å². The SMILES string of the molecule is O=C1[C@H]2CCCN2C(=O)N1C1CCN(c2ccccc2)C1. The highest BCUT2D eigenvalue weighted by molar-refractivity contribution is 6.05. The average molecular weight is 285 g/mol. The fourth-order valence-electron chi connectivity index (χ4n) is 3.81. The van der Waals surface area contributed by atoms with E-state index in [1.165, 1.54) is 10.6 Å². The molecular weight excluding hydrogens is 266 g/mol. The molecule has 0 saturated carbocycles. The maximum atomic E-state index is 12.5. The molecule has 21 heavy (non-hydrogen) atoms. The number of carbonyl (C=O) groups is 2. The lowest BCUT2D eigenvalue weighted by Crippen LogP contribution is -2.43. The molecule has 0 N–H and O–H groups in total. The molecule has 1 aromatic rings. The van der Waals surface area contributed by atoms with Crippen LogP contribution in [-0.4, -0.2) is 53.5 Å². The lowest BCUT2D eigenvalue weighted by Gasteiger charge is -2.23. The van der Waals surface area contributed by atoms with Gasteiger partial charge in [-0.1, -0.05) is 18.2 Å². The van der Waals surface area contributed by atoms with E-state index in [0.29, 0.717) is 0 Å². The van der Waals surface area contributed by atoms with E-state index in [-0.39, 0.29) is 24.0 Å². The molecule has 110 valence electrons. The molecule has 5 nitrogen and oxygen atoms in total. The van der Waals surface area contributed by atoms with Gasteiger partial charge in [0.05, 0.1) is 6.04 Å². The molecule has 3 aliphatic rings. The van der Waals surface area contributed by atoms with Crippen LogP contribution >= 0.6 is 0 Å². The first-order valence-corrected chi connectivity index (χ1v) is 7.69. The number of anilines is 1. The summed E-state index contributed by atoms with van der Waals surface area (Å²) in [5, 5.41) is 0. The van der Waals surface area contributed by atoms with Crippen molar-refractivity contribution >= 4 is 17.6 Å². The summed E-state index contributed by atoms with van der Waals surface area (Å²) < 4.78 is 0. The molecule has 0 aromatic heterocycles. The second kappa shape index (κ2) is 4.76.